The van der Waals surface area contributed by atoms with Gasteiger partial charge in [0, 0.05) is 7.05 Å². The lowest BCUT2D eigenvalue weighted by Gasteiger charge is -2.25. The van der Waals surface area contributed by atoms with Gasteiger partial charge in [0.1, 0.15) is 11.8 Å². The van der Waals surface area contributed by atoms with Gasteiger partial charge in [-0.2, -0.15) is 5.26 Å². The molecule has 2 aromatic rings. The van der Waals surface area contributed by atoms with Gasteiger partial charge in [0.2, 0.25) is 0 Å². The summed E-state index contributed by atoms with van der Waals surface area (Å²) in [6.45, 7) is -0.0616. The molecule has 1 aliphatic rings. The molecule has 0 saturated carbocycles. The van der Waals surface area contributed by atoms with Crippen molar-refractivity contribution < 1.29 is 9.53 Å². The average molecular weight is 306 g/mol. The number of hydrogen-bond donors (Lipinski definition) is 0. The van der Waals surface area contributed by atoms with Gasteiger partial charge in [-0.15, -0.1) is 0 Å². The molecule has 4 nitrogen and oxygen atoms in total. The maximum Gasteiger partial charge on any atom is 0.260 e. The predicted octanol–water partition coefficient (Wildman–Crippen LogP) is 3.08. The van der Waals surface area contributed by atoms with Crippen LogP contribution in [0.15, 0.2) is 48.5 Å². The summed E-state index contributed by atoms with van der Waals surface area (Å²) >= 11 is 0. The summed E-state index contributed by atoms with van der Waals surface area (Å²) < 4.78 is 5.54. The maximum atomic E-state index is 12.4. The van der Waals surface area contributed by atoms with Gasteiger partial charge in [-0.3, -0.25) is 4.79 Å². The Kier molecular flexibility index (Phi) is 4.29. The lowest BCUT2D eigenvalue weighted by atomic mass is 10.1. The van der Waals surface area contributed by atoms with E-state index in [4.69, 9.17) is 10.00 Å². The van der Waals surface area contributed by atoms with Crippen molar-refractivity contribution in [1.29, 1.82) is 5.26 Å². The zero-order valence-corrected chi connectivity index (χ0v) is 13.0. The standard InChI is InChI=1S/C19H18N2O2/c1-21(17-11-10-14-6-2-4-8-16(14)17)19(22)13-23-18-9-5-3-7-15(18)12-20/h2-9,17H,10-11,13H2,1H3. The summed E-state index contributed by atoms with van der Waals surface area (Å²) in [5.74, 6) is 0.364. The van der Waals surface area contributed by atoms with Crippen LogP contribution in [0.5, 0.6) is 5.75 Å². The minimum Gasteiger partial charge on any atom is -0.482 e. The first-order chi connectivity index (χ1) is 11.2. The Labute approximate surface area is 135 Å². The fourth-order valence-corrected chi connectivity index (χ4v) is 3.04. The molecule has 0 spiro atoms. The molecule has 116 valence electrons. The molecular weight excluding hydrogens is 288 g/mol. The van der Waals surface area contributed by atoms with Crippen molar-refractivity contribution in [2.45, 2.75) is 18.9 Å². The molecule has 0 heterocycles. The Morgan fingerprint density at radius 1 is 1.26 bits per heavy atom. The van der Waals surface area contributed by atoms with Crippen LogP contribution in [-0.2, 0) is 11.2 Å². The van der Waals surface area contributed by atoms with Gasteiger partial charge in [-0.25, -0.2) is 0 Å². The number of likely N-dealkylation sites (N-methyl/N-ethyl adjacent to an activating group) is 1. The number of fused-ring (bicyclic) bond motifs is 1. The number of nitriles is 1. The number of rotatable bonds is 4. The third-order valence-electron chi connectivity index (χ3n) is 4.32. The minimum absolute atomic E-state index is 0.0616. The van der Waals surface area contributed by atoms with Crippen LogP contribution in [-0.4, -0.2) is 24.5 Å². The maximum absolute atomic E-state index is 12.4. The van der Waals surface area contributed by atoms with Crippen LogP contribution in [0.4, 0.5) is 0 Å². The molecule has 23 heavy (non-hydrogen) atoms. The Morgan fingerprint density at radius 3 is 2.83 bits per heavy atom. The van der Waals surface area contributed by atoms with E-state index in [1.165, 1.54) is 11.1 Å². The molecule has 0 radical (unpaired) electrons. The Morgan fingerprint density at radius 2 is 2.00 bits per heavy atom. The highest BCUT2D eigenvalue weighted by molar-refractivity contribution is 5.78. The molecule has 0 saturated heterocycles. The van der Waals surface area contributed by atoms with Crippen LogP contribution in [0, 0.1) is 11.3 Å². The first kappa shape index (κ1) is 15.1. The first-order valence-electron chi connectivity index (χ1n) is 7.66. The highest BCUT2D eigenvalue weighted by Crippen LogP contribution is 2.34. The molecule has 1 unspecified atom stereocenters. The van der Waals surface area contributed by atoms with Crippen molar-refractivity contribution in [3.05, 3.63) is 65.2 Å². The van der Waals surface area contributed by atoms with Crippen LogP contribution >= 0.6 is 0 Å². The number of carbonyl (C=O) groups is 1. The summed E-state index contributed by atoms with van der Waals surface area (Å²) in [5.41, 5.74) is 2.97. The van der Waals surface area contributed by atoms with E-state index in [0.717, 1.165) is 12.8 Å². The van der Waals surface area contributed by atoms with Crippen LogP contribution in [0.2, 0.25) is 0 Å². The highest BCUT2D eigenvalue weighted by Gasteiger charge is 2.28. The van der Waals surface area contributed by atoms with E-state index < -0.39 is 0 Å². The Bertz CT molecular complexity index is 764. The predicted molar refractivity (Wildman–Crippen MR) is 86.9 cm³/mol. The van der Waals surface area contributed by atoms with Crippen LogP contribution < -0.4 is 4.74 Å². The lowest BCUT2D eigenvalue weighted by molar-refractivity contribution is -0.134. The van der Waals surface area contributed by atoms with Crippen molar-refractivity contribution in [1.82, 2.24) is 4.90 Å². The number of ether oxygens (including phenoxy) is 1. The van der Waals surface area contributed by atoms with E-state index in [2.05, 4.69) is 18.2 Å². The zero-order valence-electron chi connectivity index (χ0n) is 13.0. The summed E-state index contributed by atoms with van der Waals surface area (Å²) in [7, 11) is 1.81. The van der Waals surface area contributed by atoms with E-state index in [1.54, 1.807) is 29.2 Å². The second kappa shape index (κ2) is 6.53. The smallest absolute Gasteiger partial charge is 0.260 e. The Balaban J connectivity index is 1.66. The summed E-state index contributed by atoms with van der Waals surface area (Å²) in [4.78, 5) is 14.2. The number of aryl methyl sites for hydroxylation is 1. The number of hydrogen-bond acceptors (Lipinski definition) is 3. The molecule has 0 N–H and O–H groups in total. The molecule has 0 bridgehead atoms. The van der Waals surface area contributed by atoms with Crippen molar-refractivity contribution in [2.75, 3.05) is 13.7 Å². The third kappa shape index (κ3) is 3.04. The van der Waals surface area contributed by atoms with Gasteiger partial charge in [-0.05, 0) is 36.1 Å². The van der Waals surface area contributed by atoms with Gasteiger partial charge in [0.15, 0.2) is 6.61 Å². The Hall–Kier alpha value is -2.80. The fourth-order valence-electron chi connectivity index (χ4n) is 3.04. The van der Waals surface area contributed by atoms with Crippen LogP contribution in [0.3, 0.4) is 0 Å². The normalized spacial score (nSPS) is 15.6. The van der Waals surface area contributed by atoms with Crippen molar-refractivity contribution >= 4 is 5.91 Å². The molecule has 0 aromatic heterocycles. The number of carbonyl (C=O) groups excluding carboxylic acids is 1. The molecular formula is C19H18N2O2. The van der Waals surface area contributed by atoms with Crippen molar-refractivity contribution in [3.8, 4) is 11.8 Å². The summed E-state index contributed by atoms with van der Waals surface area (Å²) in [6.07, 6.45) is 1.94. The number of amides is 1. The molecule has 1 aliphatic carbocycles. The average Bonchev–Trinajstić information content (AvgIpc) is 3.03. The van der Waals surface area contributed by atoms with Crippen molar-refractivity contribution in [3.63, 3.8) is 0 Å². The second-order valence-electron chi connectivity index (χ2n) is 5.65. The van der Waals surface area contributed by atoms with E-state index >= 15 is 0 Å². The topological polar surface area (TPSA) is 53.3 Å². The molecule has 3 rings (SSSR count). The van der Waals surface area contributed by atoms with Gasteiger partial charge in [0.25, 0.3) is 5.91 Å². The van der Waals surface area contributed by atoms with Crippen LogP contribution in [0.25, 0.3) is 0 Å². The number of nitrogens with zero attached hydrogens (tertiary/aromatic N) is 2. The summed E-state index contributed by atoms with van der Waals surface area (Å²) in [6, 6.07) is 17.4. The number of para-hydroxylation sites is 1. The number of benzene rings is 2. The minimum atomic E-state index is -0.0838. The zero-order chi connectivity index (χ0) is 16.2. The van der Waals surface area contributed by atoms with Gasteiger partial charge >= 0.3 is 0 Å². The van der Waals surface area contributed by atoms with E-state index in [-0.39, 0.29) is 18.6 Å². The van der Waals surface area contributed by atoms with E-state index in [9.17, 15) is 4.79 Å². The monoisotopic (exact) mass is 306 g/mol. The van der Waals surface area contributed by atoms with Crippen molar-refractivity contribution in [2.24, 2.45) is 0 Å². The molecule has 0 fully saturated rings. The van der Waals surface area contributed by atoms with E-state index in [1.807, 2.05) is 19.2 Å². The summed E-state index contributed by atoms with van der Waals surface area (Å²) in [5, 5.41) is 9.05. The highest BCUT2D eigenvalue weighted by atomic mass is 16.5. The first-order valence-corrected chi connectivity index (χ1v) is 7.66. The quantitative estimate of drug-likeness (QED) is 0.872. The van der Waals surface area contributed by atoms with Gasteiger partial charge < -0.3 is 9.64 Å². The van der Waals surface area contributed by atoms with Crippen LogP contribution in [0.1, 0.15) is 29.2 Å². The lowest BCUT2D eigenvalue weighted by Crippen LogP contribution is -2.34. The van der Waals surface area contributed by atoms with Gasteiger partial charge in [-0.1, -0.05) is 36.4 Å². The second-order valence-corrected chi connectivity index (χ2v) is 5.65. The largest absolute Gasteiger partial charge is 0.482 e. The molecule has 2 aromatic carbocycles. The SMILES string of the molecule is CN(C(=O)COc1ccccc1C#N)C1CCc2ccccc21. The molecule has 1 atom stereocenters. The fraction of sp³-hybridized carbons (Fsp3) is 0.263. The van der Waals surface area contributed by atoms with Gasteiger partial charge in [0.05, 0.1) is 11.6 Å². The molecule has 4 heteroatoms. The molecule has 1 amide bonds. The third-order valence-corrected chi connectivity index (χ3v) is 4.32. The van der Waals surface area contributed by atoms with E-state index in [0.29, 0.717) is 11.3 Å². The molecule has 0 aliphatic heterocycles.